The summed E-state index contributed by atoms with van der Waals surface area (Å²) in [4.78, 5) is 6.96. The molecule has 0 atom stereocenters. The van der Waals surface area contributed by atoms with Gasteiger partial charge in [0.2, 0.25) is 0 Å². The number of rotatable bonds is 2. The molecular formula is C13H26IN3O. The minimum Gasteiger partial charge on any atom is -0.393 e. The number of nitrogens with zero attached hydrogens (tertiary/aromatic N) is 2. The zero-order chi connectivity index (χ0) is 12.1. The third kappa shape index (κ3) is 4.57. The third-order valence-electron chi connectivity index (χ3n) is 3.74. The van der Waals surface area contributed by atoms with Gasteiger partial charge in [-0.15, -0.1) is 24.0 Å². The van der Waals surface area contributed by atoms with Crippen molar-refractivity contribution in [1.29, 1.82) is 0 Å². The van der Waals surface area contributed by atoms with Crippen LogP contribution in [0.15, 0.2) is 4.99 Å². The highest BCUT2D eigenvalue weighted by molar-refractivity contribution is 14.0. The van der Waals surface area contributed by atoms with Crippen LogP contribution in [-0.2, 0) is 0 Å². The molecule has 4 nitrogen and oxygen atoms in total. The van der Waals surface area contributed by atoms with Gasteiger partial charge in [0.25, 0.3) is 0 Å². The highest BCUT2D eigenvalue weighted by Gasteiger charge is 2.23. The number of aliphatic hydroxyl groups excluding tert-OH is 1. The third-order valence-corrected chi connectivity index (χ3v) is 3.74. The van der Waals surface area contributed by atoms with Gasteiger partial charge in [0.15, 0.2) is 5.96 Å². The summed E-state index contributed by atoms with van der Waals surface area (Å²) >= 11 is 0. The first-order valence-electron chi connectivity index (χ1n) is 7.03. The maximum absolute atomic E-state index is 9.51. The summed E-state index contributed by atoms with van der Waals surface area (Å²) in [6.07, 6.45) is 6.48. The Hall–Kier alpha value is -0.0400. The first-order valence-corrected chi connectivity index (χ1v) is 7.03. The molecule has 2 N–H and O–H groups in total. The minimum absolute atomic E-state index is 0. The van der Waals surface area contributed by atoms with Gasteiger partial charge < -0.3 is 15.3 Å². The molecular weight excluding hydrogens is 341 g/mol. The largest absolute Gasteiger partial charge is 0.393 e. The molecule has 2 aliphatic rings. The Kier molecular flexibility index (Phi) is 7.29. The molecule has 0 bridgehead atoms. The monoisotopic (exact) mass is 367 g/mol. The second kappa shape index (κ2) is 8.19. The lowest BCUT2D eigenvalue weighted by Gasteiger charge is -2.30. The van der Waals surface area contributed by atoms with Crippen LogP contribution >= 0.6 is 24.0 Å². The zero-order valence-corrected chi connectivity index (χ0v) is 13.6. The second-order valence-corrected chi connectivity index (χ2v) is 5.14. The average molecular weight is 367 g/mol. The van der Waals surface area contributed by atoms with Crippen LogP contribution in [-0.4, -0.2) is 47.7 Å². The summed E-state index contributed by atoms with van der Waals surface area (Å²) in [5.41, 5.74) is 0. The van der Waals surface area contributed by atoms with E-state index in [0.29, 0.717) is 6.04 Å². The first-order chi connectivity index (χ1) is 8.29. The fraction of sp³-hybridized carbons (Fsp3) is 0.923. The van der Waals surface area contributed by atoms with Crippen LogP contribution in [0.25, 0.3) is 0 Å². The summed E-state index contributed by atoms with van der Waals surface area (Å²) in [5.74, 6) is 1.09. The molecule has 0 aromatic heterocycles. The standard InChI is InChI=1S/C13H25N3O.HI/c1-2-14-13(16-9-3-4-10-16)15-11-5-7-12(17)8-6-11;/h11-12,17H,2-10H2,1H3,(H,14,15);1H. The van der Waals surface area contributed by atoms with Crippen molar-refractivity contribution < 1.29 is 5.11 Å². The lowest BCUT2D eigenvalue weighted by Crippen LogP contribution is -2.46. The van der Waals surface area contributed by atoms with E-state index in [1.807, 2.05) is 0 Å². The van der Waals surface area contributed by atoms with E-state index >= 15 is 0 Å². The Morgan fingerprint density at radius 3 is 2.39 bits per heavy atom. The number of aliphatic hydroxyl groups is 1. The van der Waals surface area contributed by atoms with Crippen molar-refractivity contribution in [2.75, 3.05) is 19.6 Å². The number of halogens is 1. The summed E-state index contributed by atoms with van der Waals surface area (Å²) < 4.78 is 0. The first kappa shape index (κ1) is 16.0. The van der Waals surface area contributed by atoms with Crippen LogP contribution in [0.4, 0.5) is 0 Å². The van der Waals surface area contributed by atoms with Gasteiger partial charge >= 0.3 is 0 Å². The van der Waals surface area contributed by atoms with Gasteiger partial charge in [-0.3, -0.25) is 4.99 Å². The average Bonchev–Trinajstić information content (AvgIpc) is 2.85. The molecule has 2 rings (SSSR count). The van der Waals surface area contributed by atoms with Crippen molar-refractivity contribution in [3.05, 3.63) is 0 Å². The molecule has 0 radical (unpaired) electrons. The molecule has 1 aliphatic carbocycles. The zero-order valence-electron chi connectivity index (χ0n) is 11.3. The predicted octanol–water partition coefficient (Wildman–Crippen LogP) is 1.97. The lowest BCUT2D eigenvalue weighted by atomic mass is 9.93. The number of likely N-dealkylation sites (tertiary alicyclic amines) is 1. The van der Waals surface area contributed by atoms with E-state index in [-0.39, 0.29) is 30.1 Å². The van der Waals surface area contributed by atoms with E-state index in [2.05, 4.69) is 22.1 Å². The second-order valence-electron chi connectivity index (χ2n) is 5.14. The summed E-state index contributed by atoms with van der Waals surface area (Å²) in [5, 5.41) is 13.1. The van der Waals surface area contributed by atoms with E-state index in [0.717, 1.165) is 51.3 Å². The Morgan fingerprint density at radius 2 is 1.83 bits per heavy atom. The van der Waals surface area contributed by atoms with Gasteiger partial charge in [0, 0.05) is 25.7 Å². The molecule has 1 saturated carbocycles. The molecule has 106 valence electrons. The van der Waals surface area contributed by atoms with E-state index in [1.54, 1.807) is 0 Å². The lowest BCUT2D eigenvalue weighted by molar-refractivity contribution is 0.119. The van der Waals surface area contributed by atoms with Crippen LogP contribution in [0.5, 0.6) is 0 Å². The molecule has 0 amide bonds. The summed E-state index contributed by atoms with van der Waals surface area (Å²) in [7, 11) is 0. The molecule has 18 heavy (non-hydrogen) atoms. The Bertz CT molecular complexity index is 259. The van der Waals surface area contributed by atoms with Crippen molar-refractivity contribution in [2.45, 2.75) is 57.6 Å². The fourth-order valence-electron chi connectivity index (χ4n) is 2.72. The van der Waals surface area contributed by atoms with Gasteiger partial charge in [0.05, 0.1) is 6.10 Å². The van der Waals surface area contributed by atoms with Crippen LogP contribution < -0.4 is 5.32 Å². The Balaban J connectivity index is 0.00000162. The maximum atomic E-state index is 9.51. The highest BCUT2D eigenvalue weighted by Crippen LogP contribution is 2.19. The normalized spacial score (nSPS) is 29.0. The number of hydrogen-bond donors (Lipinski definition) is 2. The molecule has 0 aromatic rings. The number of guanidine groups is 1. The van der Waals surface area contributed by atoms with Crippen LogP contribution in [0.2, 0.25) is 0 Å². The summed E-state index contributed by atoms with van der Waals surface area (Å²) in [6.45, 7) is 5.21. The SMILES string of the molecule is CCN=C(NC1CCC(O)CC1)N1CCCC1.I. The summed E-state index contributed by atoms with van der Waals surface area (Å²) in [6, 6.07) is 0.504. The van der Waals surface area contributed by atoms with Crippen molar-refractivity contribution in [3.8, 4) is 0 Å². The van der Waals surface area contributed by atoms with E-state index in [4.69, 9.17) is 0 Å². The van der Waals surface area contributed by atoms with E-state index < -0.39 is 0 Å². The predicted molar refractivity (Wildman–Crippen MR) is 85.6 cm³/mol. The molecule has 5 heteroatoms. The van der Waals surface area contributed by atoms with Crippen LogP contribution in [0, 0.1) is 0 Å². The van der Waals surface area contributed by atoms with E-state index in [1.165, 1.54) is 12.8 Å². The Labute approximate surface area is 127 Å². The topological polar surface area (TPSA) is 47.9 Å². The molecule has 1 saturated heterocycles. The van der Waals surface area contributed by atoms with Gasteiger partial charge in [-0.05, 0) is 45.4 Å². The van der Waals surface area contributed by atoms with Crippen LogP contribution in [0.3, 0.4) is 0 Å². The van der Waals surface area contributed by atoms with E-state index in [9.17, 15) is 5.11 Å². The van der Waals surface area contributed by atoms with Crippen molar-refractivity contribution >= 4 is 29.9 Å². The van der Waals surface area contributed by atoms with Gasteiger partial charge in [-0.25, -0.2) is 0 Å². The molecule has 1 aliphatic heterocycles. The van der Waals surface area contributed by atoms with Crippen molar-refractivity contribution in [2.24, 2.45) is 4.99 Å². The smallest absolute Gasteiger partial charge is 0.194 e. The Morgan fingerprint density at radius 1 is 1.22 bits per heavy atom. The molecule has 0 unspecified atom stereocenters. The quantitative estimate of drug-likeness (QED) is 0.446. The number of nitrogens with one attached hydrogen (secondary N) is 1. The highest BCUT2D eigenvalue weighted by atomic mass is 127. The number of hydrogen-bond acceptors (Lipinski definition) is 2. The number of aliphatic imine (C=N–C) groups is 1. The fourth-order valence-corrected chi connectivity index (χ4v) is 2.72. The molecule has 2 fully saturated rings. The molecule has 0 spiro atoms. The maximum Gasteiger partial charge on any atom is 0.194 e. The molecule has 0 aromatic carbocycles. The van der Waals surface area contributed by atoms with Gasteiger partial charge in [-0.2, -0.15) is 0 Å². The van der Waals surface area contributed by atoms with Crippen molar-refractivity contribution in [3.63, 3.8) is 0 Å². The van der Waals surface area contributed by atoms with Crippen LogP contribution in [0.1, 0.15) is 45.4 Å². The van der Waals surface area contributed by atoms with Gasteiger partial charge in [0.1, 0.15) is 0 Å². The molecule has 1 heterocycles. The minimum atomic E-state index is -0.0774. The van der Waals surface area contributed by atoms with Crippen molar-refractivity contribution in [1.82, 2.24) is 10.2 Å². The van der Waals surface area contributed by atoms with Gasteiger partial charge in [-0.1, -0.05) is 0 Å².